The van der Waals surface area contributed by atoms with Gasteiger partial charge in [-0.1, -0.05) is 31.2 Å². The van der Waals surface area contributed by atoms with Gasteiger partial charge in [0.1, 0.15) is 0 Å². The maximum atomic E-state index is 12.2. The highest BCUT2D eigenvalue weighted by Crippen LogP contribution is 2.29. The quantitative estimate of drug-likeness (QED) is 0.362. The molecule has 0 unspecified atom stereocenters. The Kier molecular flexibility index (Phi) is 9.36. The van der Waals surface area contributed by atoms with Crippen LogP contribution in [0.15, 0.2) is 48.6 Å². The average molecular weight is 424 g/mol. The largest absolute Gasteiger partial charge is 0.493 e. The van der Waals surface area contributed by atoms with E-state index in [1.54, 1.807) is 63.8 Å². The maximum Gasteiger partial charge on any atom is 0.163 e. The number of allylic oxidation sites excluding steroid dienone is 2. The molecule has 0 atom stereocenters. The third-order valence-electron chi connectivity index (χ3n) is 4.33. The van der Waals surface area contributed by atoms with Gasteiger partial charge < -0.3 is 18.9 Å². The van der Waals surface area contributed by atoms with Crippen molar-refractivity contribution < 1.29 is 28.5 Å². The Bertz CT molecular complexity index is 958. The second-order valence-electron chi connectivity index (χ2n) is 6.65. The van der Waals surface area contributed by atoms with Crippen molar-refractivity contribution in [3.63, 3.8) is 0 Å². The van der Waals surface area contributed by atoms with Crippen molar-refractivity contribution in [3.05, 3.63) is 59.7 Å². The molecule has 0 amide bonds. The SMILES string of the molecule is CCCOc1ccc(/C=C/C(=O)CC(=O)/C=C/c2ccc(OC)c(OC)c2)cc1OC. The van der Waals surface area contributed by atoms with Crippen LogP contribution in [0, 0.1) is 0 Å². The molecule has 0 aliphatic rings. The lowest BCUT2D eigenvalue weighted by Gasteiger charge is -2.10. The molecule has 0 heterocycles. The molecule has 6 heteroatoms. The van der Waals surface area contributed by atoms with Gasteiger partial charge in [-0.3, -0.25) is 9.59 Å². The minimum atomic E-state index is -0.287. The summed E-state index contributed by atoms with van der Waals surface area (Å²) in [5, 5.41) is 0. The summed E-state index contributed by atoms with van der Waals surface area (Å²) in [6.07, 6.45) is 6.75. The van der Waals surface area contributed by atoms with Crippen LogP contribution in [0.25, 0.3) is 12.2 Å². The van der Waals surface area contributed by atoms with Gasteiger partial charge >= 0.3 is 0 Å². The van der Waals surface area contributed by atoms with E-state index in [4.69, 9.17) is 18.9 Å². The molecule has 0 fully saturated rings. The lowest BCUT2D eigenvalue weighted by atomic mass is 10.1. The number of ketones is 2. The molecule has 0 aliphatic carbocycles. The van der Waals surface area contributed by atoms with E-state index in [2.05, 4.69) is 0 Å². The zero-order valence-electron chi connectivity index (χ0n) is 18.3. The fourth-order valence-corrected chi connectivity index (χ4v) is 2.74. The third kappa shape index (κ3) is 7.33. The number of hydrogen-bond acceptors (Lipinski definition) is 6. The van der Waals surface area contributed by atoms with Gasteiger partial charge in [-0.2, -0.15) is 0 Å². The molecule has 0 bridgehead atoms. The number of hydrogen-bond donors (Lipinski definition) is 0. The van der Waals surface area contributed by atoms with Gasteiger partial charge in [0.2, 0.25) is 0 Å². The Morgan fingerprint density at radius 1 is 0.742 bits per heavy atom. The van der Waals surface area contributed by atoms with Crippen molar-refractivity contribution in [1.29, 1.82) is 0 Å². The van der Waals surface area contributed by atoms with E-state index in [1.807, 2.05) is 13.0 Å². The summed E-state index contributed by atoms with van der Waals surface area (Å²) in [5.74, 6) is 1.85. The molecule has 0 N–H and O–H groups in total. The van der Waals surface area contributed by atoms with Crippen LogP contribution < -0.4 is 18.9 Å². The molecular weight excluding hydrogens is 396 g/mol. The predicted octanol–water partition coefficient (Wildman–Crippen LogP) is 4.76. The Morgan fingerprint density at radius 2 is 1.23 bits per heavy atom. The lowest BCUT2D eigenvalue weighted by Crippen LogP contribution is -2.02. The molecule has 0 saturated carbocycles. The van der Waals surface area contributed by atoms with Crippen LogP contribution in [0.5, 0.6) is 23.0 Å². The van der Waals surface area contributed by atoms with Crippen molar-refractivity contribution in [2.75, 3.05) is 27.9 Å². The molecular formula is C25H28O6. The average Bonchev–Trinajstić information content (AvgIpc) is 2.79. The van der Waals surface area contributed by atoms with Gasteiger partial charge in [0.25, 0.3) is 0 Å². The van der Waals surface area contributed by atoms with Crippen LogP contribution in [0.3, 0.4) is 0 Å². The molecule has 2 aromatic carbocycles. The van der Waals surface area contributed by atoms with Gasteiger partial charge in [0.05, 0.1) is 34.4 Å². The lowest BCUT2D eigenvalue weighted by molar-refractivity contribution is -0.121. The molecule has 0 spiro atoms. The van der Waals surface area contributed by atoms with E-state index in [0.29, 0.717) is 29.6 Å². The van der Waals surface area contributed by atoms with Gasteiger partial charge in [-0.25, -0.2) is 0 Å². The second kappa shape index (κ2) is 12.2. The Morgan fingerprint density at radius 3 is 1.71 bits per heavy atom. The molecule has 0 radical (unpaired) electrons. The maximum absolute atomic E-state index is 12.2. The van der Waals surface area contributed by atoms with Crippen LogP contribution in [0.1, 0.15) is 30.9 Å². The highest BCUT2D eigenvalue weighted by molar-refractivity contribution is 6.10. The summed E-state index contributed by atoms with van der Waals surface area (Å²) in [5.41, 5.74) is 1.55. The number of carbonyl (C=O) groups is 2. The van der Waals surface area contributed by atoms with Gasteiger partial charge in [0, 0.05) is 0 Å². The van der Waals surface area contributed by atoms with Crippen LogP contribution in [-0.4, -0.2) is 39.5 Å². The van der Waals surface area contributed by atoms with E-state index in [9.17, 15) is 9.59 Å². The topological polar surface area (TPSA) is 71.1 Å². The smallest absolute Gasteiger partial charge is 0.163 e. The fourth-order valence-electron chi connectivity index (χ4n) is 2.74. The third-order valence-corrected chi connectivity index (χ3v) is 4.33. The van der Waals surface area contributed by atoms with Crippen molar-refractivity contribution in [2.45, 2.75) is 19.8 Å². The highest BCUT2D eigenvalue weighted by Gasteiger charge is 2.07. The zero-order valence-corrected chi connectivity index (χ0v) is 18.3. The van der Waals surface area contributed by atoms with Crippen LogP contribution in [-0.2, 0) is 9.59 Å². The first-order valence-corrected chi connectivity index (χ1v) is 9.95. The minimum absolute atomic E-state index is 0.213. The molecule has 2 rings (SSSR count). The number of rotatable bonds is 12. The van der Waals surface area contributed by atoms with E-state index < -0.39 is 0 Å². The summed E-state index contributed by atoms with van der Waals surface area (Å²) in [6.45, 7) is 2.63. The summed E-state index contributed by atoms with van der Waals surface area (Å²) in [6, 6.07) is 10.7. The first-order chi connectivity index (χ1) is 15.0. The van der Waals surface area contributed by atoms with Gasteiger partial charge in [-0.05, 0) is 54.0 Å². The summed E-state index contributed by atoms with van der Waals surface area (Å²) < 4.78 is 21.4. The molecule has 2 aromatic rings. The predicted molar refractivity (Wildman–Crippen MR) is 121 cm³/mol. The van der Waals surface area contributed by atoms with Crippen LogP contribution in [0.2, 0.25) is 0 Å². The zero-order chi connectivity index (χ0) is 22.6. The van der Waals surface area contributed by atoms with E-state index in [0.717, 1.165) is 17.5 Å². The minimum Gasteiger partial charge on any atom is -0.493 e. The Hall–Kier alpha value is -3.54. The standard InChI is InChI=1S/C25H28O6/c1-5-14-31-23-13-9-19(16-25(23)30-4)7-11-21(27)17-20(26)10-6-18-8-12-22(28-2)24(15-18)29-3/h6-13,15-16H,5,14,17H2,1-4H3/b10-6+,11-7+. The second-order valence-corrected chi connectivity index (χ2v) is 6.65. The van der Waals surface area contributed by atoms with E-state index in [1.165, 1.54) is 12.2 Å². The molecule has 31 heavy (non-hydrogen) atoms. The van der Waals surface area contributed by atoms with Gasteiger partial charge in [-0.15, -0.1) is 0 Å². The highest BCUT2D eigenvalue weighted by atomic mass is 16.5. The first kappa shape index (κ1) is 23.7. The van der Waals surface area contributed by atoms with Crippen LogP contribution in [0.4, 0.5) is 0 Å². The number of carbonyl (C=O) groups excluding carboxylic acids is 2. The normalized spacial score (nSPS) is 11.0. The van der Waals surface area contributed by atoms with Crippen molar-refractivity contribution >= 4 is 23.7 Å². The number of benzene rings is 2. The Labute approximate surface area is 183 Å². The summed E-state index contributed by atoms with van der Waals surface area (Å²) >= 11 is 0. The first-order valence-electron chi connectivity index (χ1n) is 9.95. The summed E-state index contributed by atoms with van der Waals surface area (Å²) in [4.78, 5) is 24.3. The van der Waals surface area contributed by atoms with Crippen LogP contribution >= 0.6 is 0 Å². The molecule has 0 saturated heterocycles. The molecule has 164 valence electrons. The Balaban J connectivity index is 1.96. The number of methoxy groups -OCH3 is 3. The molecule has 6 nitrogen and oxygen atoms in total. The van der Waals surface area contributed by atoms with E-state index >= 15 is 0 Å². The fraction of sp³-hybridized carbons (Fsp3) is 0.280. The van der Waals surface area contributed by atoms with Crippen molar-refractivity contribution in [3.8, 4) is 23.0 Å². The number of ether oxygens (including phenoxy) is 4. The monoisotopic (exact) mass is 424 g/mol. The molecule has 0 aliphatic heterocycles. The van der Waals surface area contributed by atoms with E-state index in [-0.39, 0.29) is 18.0 Å². The molecule has 0 aromatic heterocycles. The van der Waals surface area contributed by atoms with Gasteiger partial charge in [0.15, 0.2) is 34.6 Å². The van der Waals surface area contributed by atoms with Crippen molar-refractivity contribution in [1.82, 2.24) is 0 Å². The summed E-state index contributed by atoms with van der Waals surface area (Å²) in [7, 11) is 4.67. The van der Waals surface area contributed by atoms with Crippen molar-refractivity contribution in [2.24, 2.45) is 0 Å².